The molecule has 0 radical (unpaired) electrons. The van der Waals surface area contributed by atoms with Crippen molar-refractivity contribution in [2.24, 2.45) is 0 Å². The van der Waals surface area contributed by atoms with Gasteiger partial charge < -0.3 is 45.1 Å². The molecule has 0 bridgehead atoms. The van der Waals surface area contributed by atoms with Crippen LogP contribution in [0.1, 0.15) is 43.1 Å². The summed E-state index contributed by atoms with van der Waals surface area (Å²) in [6.07, 6.45) is 4.51. The van der Waals surface area contributed by atoms with Crippen molar-refractivity contribution in [3.8, 4) is 23.0 Å². The van der Waals surface area contributed by atoms with Gasteiger partial charge in [-0.15, -0.1) is 0 Å². The second-order valence-electron chi connectivity index (χ2n) is 14.1. The normalized spacial score (nSPS) is 14.3. The van der Waals surface area contributed by atoms with Crippen LogP contribution in [0.25, 0.3) is 10.8 Å². The van der Waals surface area contributed by atoms with Gasteiger partial charge in [0.05, 0.1) is 36.8 Å². The number of benzene rings is 4. The van der Waals surface area contributed by atoms with Gasteiger partial charge in [-0.25, -0.2) is 9.78 Å². The first kappa shape index (κ1) is 38.1. The molecule has 54 heavy (non-hydrogen) atoms. The van der Waals surface area contributed by atoms with E-state index in [9.17, 15) is 9.59 Å². The molecule has 1 unspecified atom stereocenters. The van der Waals surface area contributed by atoms with Crippen LogP contribution in [0.3, 0.4) is 0 Å². The Morgan fingerprint density at radius 3 is 2.33 bits per heavy atom. The molecule has 5 N–H and O–H groups in total. The van der Waals surface area contributed by atoms with Gasteiger partial charge in [0.15, 0.2) is 5.75 Å². The molecule has 282 valence electrons. The second kappa shape index (κ2) is 16.6. The van der Waals surface area contributed by atoms with Gasteiger partial charge in [-0.2, -0.15) is 0 Å². The number of pyridine rings is 1. The number of carbonyl (C=O) groups excluding carboxylic acids is 2. The average molecular weight is 750 g/mol. The molecule has 1 saturated heterocycles. The maximum atomic E-state index is 13.5. The van der Waals surface area contributed by atoms with Gasteiger partial charge in [0.25, 0.3) is 5.91 Å². The Kier molecular flexibility index (Phi) is 11.7. The standard InChI is InChI=1S/C41H47N7O5S/c1-41(2,3)25-20-33(38(52-6)34(21-25)47-54-7)46-40(50)45-32-14-15-35(30-11-9-8-10-29(30)32)53-28-16-18-42-37(23-28)43-26-12-13-31(36(22-26)51-5)39(49)44-27-17-19-48(4)24-27/h8-16,18,20-23,27,47H,17,19,24H2,1-7H3,(H,42,43)(H,44,49)(H2,45,46,50). The summed E-state index contributed by atoms with van der Waals surface area (Å²) in [7, 11) is 5.18. The Morgan fingerprint density at radius 1 is 0.870 bits per heavy atom. The highest BCUT2D eigenvalue weighted by Gasteiger charge is 2.24. The number of hydrogen-bond acceptors (Lipinski definition) is 10. The first-order chi connectivity index (χ1) is 25.9. The fourth-order valence-electron chi connectivity index (χ4n) is 6.40. The van der Waals surface area contributed by atoms with Gasteiger partial charge in [-0.3, -0.25) is 4.79 Å². The molecular formula is C41H47N7O5S. The fourth-order valence-corrected chi connectivity index (χ4v) is 6.77. The molecule has 1 fully saturated rings. The number of amides is 3. The van der Waals surface area contributed by atoms with Crippen LogP contribution in [0, 0.1) is 0 Å². The van der Waals surface area contributed by atoms with E-state index in [4.69, 9.17) is 14.2 Å². The second-order valence-corrected chi connectivity index (χ2v) is 14.7. The lowest BCUT2D eigenvalue weighted by Gasteiger charge is -2.24. The smallest absolute Gasteiger partial charge is 0.323 e. The number of ether oxygens (including phenoxy) is 3. The van der Waals surface area contributed by atoms with Gasteiger partial charge >= 0.3 is 6.03 Å². The zero-order valence-corrected chi connectivity index (χ0v) is 32.4. The van der Waals surface area contributed by atoms with Crippen molar-refractivity contribution in [3.05, 3.63) is 96.2 Å². The maximum Gasteiger partial charge on any atom is 0.323 e. The summed E-state index contributed by atoms with van der Waals surface area (Å²) in [4.78, 5) is 33.2. The Bertz CT molecular complexity index is 2160. The number of hydrogen-bond donors (Lipinski definition) is 5. The van der Waals surface area contributed by atoms with Crippen molar-refractivity contribution in [1.82, 2.24) is 15.2 Å². The number of fused-ring (bicyclic) bond motifs is 1. The van der Waals surface area contributed by atoms with Crippen LogP contribution in [-0.4, -0.2) is 68.5 Å². The summed E-state index contributed by atoms with van der Waals surface area (Å²) < 4.78 is 21.0. The van der Waals surface area contributed by atoms with Crippen LogP contribution in [0.4, 0.5) is 33.4 Å². The average Bonchev–Trinajstić information content (AvgIpc) is 3.56. The van der Waals surface area contributed by atoms with Gasteiger partial charge in [0.2, 0.25) is 0 Å². The molecule has 3 amide bonds. The van der Waals surface area contributed by atoms with Gasteiger partial charge in [0, 0.05) is 53.6 Å². The number of nitrogens with one attached hydrogen (secondary N) is 5. The molecule has 0 aliphatic carbocycles. The molecule has 12 nitrogen and oxygen atoms in total. The van der Waals surface area contributed by atoms with Crippen LogP contribution in [-0.2, 0) is 5.41 Å². The Balaban J connectivity index is 1.17. The highest BCUT2D eigenvalue weighted by atomic mass is 32.2. The van der Waals surface area contributed by atoms with Crippen molar-refractivity contribution in [3.63, 3.8) is 0 Å². The molecule has 2 heterocycles. The van der Waals surface area contributed by atoms with Crippen LogP contribution in [0.2, 0.25) is 0 Å². The number of carbonyl (C=O) groups is 2. The van der Waals surface area contributed by atoms with Crippen LogP contribution in [0.15, 0.2) is 85.1 Å². The molecule has 5 aromatic rings. The highest BCUT2D eigenvalue weighted by Crippen LogP contribution is 2.40. The molecule has 0 saturated carbocycles. The van der Waals surface area contributed by atoms with Crippen molar-refractivity contribution >= 4 is 63.2 Å². The zero-order chi connectivity index (χ0) is 38.4. The minimum Gasteiger partial charge on any atom is -0.496 e. The summed E-state index contributed by atoms with van der Waals surface area (Å²) in [6.45, 7) is 8.15. The third kappa shape index (κ3) is 8.92. The first-order valence-corrected chi connectivity index (χ1v) is 18.9. The number of likely N-dealkylation sites (tertiary alicyclic amines) is 1. The molecule has 0 spiro atoms. The van der Waals surface area contributed by atoms with E-state index in [0.29, 0.717) is 51.4 Å². The monoisotopic (exact) mass is 749 g/mol. The quantitative estimate of drug-likeness (QED) is 0.0787. The van der Waals surface area contributed by atoms with E-state index in [-0.39, 0.29) is 17.4 Å². The topological polar surface area (TPSA) is 138 Å². The van der Waals surface area contributed by atoms with E-state index >= 15 is 0 Å². The minimum atomic E-state index is -0.412. The third-order valence-electron chi connectivity index (χ3n) is 9.16. The van der Waals surface area contributed by atoms with Crippen molar-refractivity contribution in [2.45, 2.75) is 38.6 Å². The molecular weight excluding hydrogens is 703 g/mol. The van der Waals surface area contributed by atoms with Crippen LogP contribution < -0.4 is 40.2 Å². The first-order valence-electron chi connectivity index (χ1n) is 17.7. The van der Waals surface area contributed by atoms with Gasteiger partial charge in [-0.05, 0) is 73.5 Å². The lowest BCUT2D eigenvalue weighted by atomic mass is 9.86. The zero-order valence-electron chi connectivity index (χ0n) is 31.6. The fraction of sp³-hybridized carbons (Fsp3) is 0.293. The SMILES string of the molecule is COc1cc(Nc2cc(Oc3ccc(NC(=O)Nc4cc(C(C)(C)C)cc(NSC)c4OC)c4ccccc34)ccn2)ccc1C(=O)NC1CCN(C)C1. The summed E-state index contributed by atoms with van der Waals surface area (Å²) in [5.74, 6) is 2.54. The molecule has 1 aromatic heterocycles. The minimum absolute atomic E-state index is 0.115. The Hall–Kier alpha value is -5.66. The van der Waals surface area contributed by atoms with E-state index in [1.165, 1.54) is 11.9 Å². The van der Waals surface area contributed by atoms with E-state index in [0.717, 1.165) is 41.5 Å². The van der Waals surface area contributed by atoms with Crippen molar-refractivity contribution in [1.29, 1.82) is 0 Å². The number of rotatable bonds is 12. The number of anilines is 5. The highest BCUT2D eigenvalue weighted by molar-refractivity contribution is 7.99. The van der Waals surface area contributed by atoms with E-state index in [1.807, 2.05) is 67.9 Å². The van der Waals surface area contributed by atoms with Gasteiger partial charge in [-0.1, -0.05) is 57.0 Å². The molecule has 6 rings (SSSR count). The lowest BCUT2D eigenvalue weighted by molar-refractivity contribution is 0.0935. The molecule has 1 atom stereocenters. The summed E-state index contributed by atoms with van der Waals surface area (Å²) >= 11 is 1.45. The van der Waals surface area contributed by atoms with E-state index < -0.39 is 6.03 Å². The van der Waals surface area contributed by atoms with Crippen LogP contribution >= 0.6 is 11.9 Å². The summed E-state index contributed by atoms with van der Waals surface area (Å²) in [5.41, 5.74) is 4.00. The predicted molar refractivity (Wildman–Crippen MR) is 219 cm³/mol. The molecule has 1 aliphatic heterocycles. The number of likely N-dealkylation sites (N-methyl/N-ethyl adjacent to an activating group) is 1. The van der Waals surface area contributed by atoms with E-state index in [1.54, 1.807) is 44.7 Å². The molecule has 1 aliphatic rings. The maximum absolute atomic E-state index is 13.5. The molecule has 4 aromatic carbocycles. The predicted octanol–water partition coefficient (Wildman–Crippen LogP) is 8.85. The summed E-state index contributed by atoms with van der Waals surface area (Å²) in [5, 5.41) is 14.0. The molecule has 13 heteroatoms. The summed E-state index contributed by atoms with van der Waals surface area (Å²) in [6, 6.07) is 23.9. The van der Waals surface area contributed by atoms with Crippen LogP contribution in [0.5, 0.6) is 23.0 Å². The number of methoxy groups -OCH3 is 2. The van der Waals surface area contributed by atoms with Crippen molar-refractivity contribution < 1.29 is 23.8 Å². The third-order valence-corrected chi connectivity index (χ3v) is 9.58. The van der Waals surface area contributed by atoms with Gasteiger partial charge in [0.1, 0.15) is 23.1 Å². The number of nitrogens with zero attached hydrogens (tertiary/aromatic N) is 2. The van der Waals surface area contributed by atoms with Crippen molar-refractivity contribution in [2.75, 3.05) is 61.3 Å². The Morgan fingerprint density at radius 2 is 1.63 bits per heavy atom. The largest absolute Gasteiger partial charge is 0.496 e. The number of aromatic nitrogens is 1. The Labute approximate surface area is 320 Å². The number of urea groups is 1. The lowest BCUT2D eigenvalue weighted by Crippen LogP contribution is -2.36. The van der Waals surface area contributed by atoms with E-state index in [2.05, 4.69) is 56.6 Å².